The van der Waals surface area contributed by atoms with E-state index in [1.807, 2.05) is 29.2 Å². The van der Waals surface area contributed by atoms with Crippen molar-refractivity contribution in [2.75, 3.05) is 18.4 Å². The van der Waals surface area contributed by atoms with Gasteiger partial charge in [-0.25, -0.2) is 9.97 Å². The maximum atomic E-state index is 12.6. The Morgan fingerprint density at radius 2 is 1.96 bits per heavy atom. The minimum Gasteiger partial charge on any atom is -0.337 e. The number of carbonyl (C=O) groups excluding carboxylic acids is 1. The smallest absolute Gasteiger partial charge is 0.272 e. The van der Waals surface area contributed by atoms with E-state index in [4.69, 9.17) is 0 Å². The number of benzene rings is 1. The van der Waals surface area contributed by atoms with Gasteiger partial charge in [-0.15, -0.1) is 0 Å². The number of hydrogen-bond acceptors (Lipinski definition) is 4. The monoisotopic (exact) mass is 376 g/mol. The average molecular weight is 377 g/mol. The molecule has 0 spiro atoms. The van der Waals surface area contributed by atoms with Crippen molar-refractivity contribution in [3.05, 3.63) is 46.7 Å². The van der Waals surface area contributed by atoms with Gasteiger partial charge in [0.1, 0.15) is 5.69 Å². The van der Waals surface area contributed by atoms with Crippen molar-refractivity contribution >= 4 is 33.5 Å². The molecule has 0 bridgehead atoms. The molecule has 6 heteroatoms. The van der Waals surface area contributed by atoms with Crippen molar-refractivity contribution in [3.63, 3.8) is 0 Å². The highest BCUT2D eigenvalue weighted by Gasteiger charge is 2.16. The van der Waals surface area contributed by atoms with Crippen LogP contribution in [-0.4, -0.2) is 33.9 Å². The van der Waals surface area contributed by atoms with Gasteiger partial charge in [-0.3, -0.25) is 4.79 Å². The van der Waals surface area contributed by atoms with Crippen LogP contribution in [0.2, 0.25) is 0 Å². The van der Waals surface area contributed by atoms with E-state index < -0.39 is 0 Å². The lowest BCUT2D eigenvalue weighted by Crippen LogP contribution is -2.33. The van der Waals surface area contributed by atoms with E-state index in [-0.39, 0.29) is 5.91 Å². The predicted molar refractivity (Wildman–Crippen MR) is 95.9 cm³/mol. The van der Waals surface area contributed by atoms with Crippen LogP contribution in [0.3, 0.4) is 0 Å². The largest absolute Gasteiger partial charge is 0.337 e. The highest BCUT2D eigenvalue weighted by atomic mass is 79.9. The zero-order valence-corrected chi connectivity index (χ0v) is 15.0. The fourth-order valence-corrected chi connectivity index (χ4v) is 2.65. The van der Waals surface area contributed by atoms with Crippen LogP contribution < -0.4 is 5.32 Å². The molecule has 0 saturated heterocycles. The Morgan fingerprint density at radius 1 is 1.22 bits per heavy atom. The van der Waals surface area contributed by atoms with Crippen LogP contribution in [0.4, 0.5) is 11.6 Å². The molecule has 1 aromatic heterocycles. The standard InChI is InChI=1S/C17H21BrN4O/c1-3-10-22(11-4-2)16(23)15-8-9-19-17(21-15)20-14-7-5-6-13(18)12-14/h5-9,12H,3-4,10-11H2,1-2H3,(H,19,20,21). The number of carbonyl (C=O) groups is 1. The van der Waals surface area contributed by atoms with Gasteiger partial charge in [0.2, 0.25) is 5.95 Å². The van der Waals surface area contributed by atoms with E-state index in [9.17, 15) is 4.79 Å². The topological polar surface area (TPSA) is 58.1 Å². The molecule has 2 aromatic rings. The summed E-state index contributed by atoms with van der Waals surface area (Å²) in [6.07, 6.45) is 3.47. The van der Waals surface area contributed by atoms with Crippen molar-refractivity contribution in [1.29, 1.82) is 0 Å². The second kappa shape index (κ2) is 8.62. The molecule has 1 aromatic carbocycles. The Hall–Kier alpha value is -1.95. The number of aromatic nitrogens is 2. The number of anilines is 2. The van der Waals surface area contributed by atoms with Crippen LogP contribution in [0.25, 0.3) is 0 Å². The molecule has 0 aliphatic rings. The third kappa shape index (κ3) is 5.03. The summed E-state index contributed by atoms with van der Waals surface area (Å²) in [4.78, 5) is 23.0. The fourth-order valence-electron chi connectivity index (χ4n) is 2.25. The predicted octanol–water partition coefficient (Wildman–Crippen LogP) is 4.24. The second-order valence-corrected chi connectivity index (χ2v) is 6.11. The van der Waals surface area contributed by atoms with Crippen molar-refractivity contribution in [2.24, 2.45) is 0 Å². The Morgan fingerprint density at radius 3 is 2.61 bits per heavy atom. The van der Waals surface area contributed by atoms with E-state index in [0.29, 0.717) is 11.6 Å². The molecule has 0 aliphatic heterocycles. The minimum absolute atomic E-state index is 0.0478. The molecule has 1 N–H and O–H groups in total. The molecule has 0 aliphatic carbocycles. The maximum Gasteiger partial charge on any atom is 0.272 e. The molecule has 0 unspecified atom stereocenters. The normalized spacial score (nSPS) is 10.4. The summed E-state index contributed by atoms with van der Waals surface area (Å²) >= 11 is 3.43. The molecule has 2 rings (SSSR count). The summed E-state index contributed by atoms with van der Waals surface area (Å²) in [5.41, 5.74) is 1.28. The molecule has 0 radical (unpaired) electrons. The van der Waals surface area contributed by atoms with Crippen molar-refractivity contribution in [1.82, 2.24) is 14.9 Å². The number of halogens is 1. The van der Waals surface area contributed by atoms with Crippen molar-refractivity contribution < 1.29 is 4.79 Å². The van der Waals surface area contributed by atoms with Gasteiger partial charge < -0.3 is 10.2 Å². The summed E-state index contributed by atoms with van der Waals surface area (Å²) in [6.45, 7) is 5.61. The first-order chi connectivity index (χ1) is 11.1. The Labute approximate surface area is 145 Å². The van der Waals surface area contributed by atoms with Gasteiger partial charge in [0.15, 0.2) is 0 Å². The van der Waals surface area contributed by atoms with Gasteiger partial charge >= 0.3 is 0 Å². The Balaban J connectivity index is 2.16. The maximum absolute atomic E-state index is 12.6. The van der Waals surface area contributed by atoms with E-state index in [0.717, 1.165) is 36.1 Å². The van der Waals surface area contributed by atoms with Gasteiger partial charge in [0, 0.05) is 29.4 Å². The van der Waals surface area contributed by atoms with Crippen LogP contribution in [-0.2, 0) is 0 Å². The summed E-state index contributed by atoms with van der Waals surface area (Å²) in [7, 11) is 0. The van der Waals surface area contributed by atoms with Crippen LogP contribution in [0, 0.1) is 0 Å². The lowest BCUT2D eigenvalue weighted by molar-refractivity contribution is 0.0749. The molecular weight excluding hydrogens is 356 g/mol. The highest BCUT2D eigenvalue weighted by Crippen LogP contribution is 2.18. The van der Waals surface area contributed by atoms with E-state index in [1.54, 1.807) is 12.3 Å². The zero-order chi connectivity index (χ0) is 16.7. The third-order valence-corrected chi connectivity index (χ3v) is 3.72. The Bertz CT molecular complexity index is 657. The first kappa shape index (κ1) is 17.4. The first-order valence-corrected chi connectivity index (χ1v) is 8.58. The van der Waals surface area contributed by atoms with E-state index in [2.05, 4.69) is 45.1 Å². The van der Waals surface area contributed by atoms with Crippen LogP contribution in [0.5, 0.6) is 0 Å². The van der Waals surface area contributed by atoms with Gasteiger partial charge in [0.25, 0.3) is 5.91 Å². The van der Waals surface area contributed by atoms with Gasteiger partial charge in [-0.05, 0) is 37.1 Å². The lowest BCUT2D eigenvalue weighted by atomic mass is 10.3. The lowest BCUT2D eigenvalue weighted by Gasteiger charge is -2.21. The van der Waals surface area contributed by atoms with E-state index >= 15 is 0 Å². The molecule has 1 heterocycles. The molecule has 5 nitrogen and oxygen atoms in total. The second-order valence-electron chi connectivity index (χ2n) is 5.19. The molecule has 122 valence electrons. The highest BCUT2D eigenvalue weighted by molar-refractivity contribution is 9.10. The van der Waals surface area contributed by atoms with Crippen molar-refractivity contribution in [2.45, 2.75) is 26.7 Å². The van der Waals surface area contributed by atoms with Gasteiger partial charge in [-0.2, -0.15) is 0 Å². The number of nitrogens with zero attached hydrogens (tertiary/aromatic N) is 3. The molecule has 23 heavy (non-hydrogen) atoms. The third-order valence-electron chi connectivity index (χ3n) is 3.23. The summed E-state index contributed by atoms with van der Waals surface area (Å²) in [6, 6.07) is 9.37. The number of hydrogen-bond donors (Lipinski definition) is 1. The number of amides is 1. The van der Waals surface area contributed by atoms with Gasteiger partial charge in [-0.1, -0.05) is 35.8 Å². The number of nitrogens with one attached hydrogen (secondary N) is 1. The molecular formula is C17H21BrN4O. The van der Waals surface area contributed by atoms with Crippen molar-refractivity contribution in [3.8, 4) is 0 Å². The fraction of sp³-hybridized carbons (Fsp3) is 0.353. The van der Waals surface area contributed by atoms with Gasteiger partial charge in [0.05, 0.1) is 0 Å². The quantitative estimate of drug-likeness (QED) is 0.784. The molecule has 0 fully saturated rings. The summed E-state index contributed by atoms with van der Waals surface area (Å²) in [5, 5.41) is 3.12. The number of rotatable bonds is 7. The van der Waals surface area contributed by atoms with E-state index in [1.165, 1.54) is 0 Å². The first-order valence-electron chi connectivity index (χ1n) is 7.79. The molecule has 1 amide bonds. The van der Waals surface area contributed by atoms with Crippen LogP contribution >= 0.6 is 15.9 Å². The summed E-state index contributed by atoms with van der Waals surface area (Å²) < 4.78 is 0.965. The minimum atomic E-state index is -0.0478. The SMILES string of the molecule is CCCN(CCC)C(=O)c1ccnc(Nc2cccc(Br)c2)n1. The zero-order valence-electron chi connectivity index (χ0n) is 13.4. The Kier molecular flexibility index (Phi) is 6.52. The molecule has 0 atom stereocenters. The molecule has 0 saturated carbocycles. The summed E-state index contributed by atoms with van der Waals surface area (Å²) in [5.74, 6) is 0.371. The average Bonchev–Trinajstić information content (AvgIpc) is 2.54. The van der Waals surface area contributed by atoms with Crippen LogP contribution in [0.15, 0.2) is 41.0 Å². The van der Waals surface area contributed by atoms with Crippen LogP contribution in [0.1, 0.15) is 37.2 Å².